The van der Waals surface area contributed by atoms with Crippen LogP contribution in [0.2, 0.25) is 0 Å². The van der Waals surface area contributed by atoms with Crippen LogP contribution in [0.15, 0.2) is 24.3 Å². The normalized spacial score (nSPS) is 20.9. The fraction of sp³-hybridized carbons (Fsp3) is 0.538. The lowest BCUT2D eigenvalue weighted by atomic mass is 10.1. The van der Waals surface area contributed by atoms with Gasteiger partial charge in [-0.15, -0.1) is 0 Å². The van der Waals surface area contributed by atoms with Gasteiger partial charge in [0.15, 0.2) is 0 Å². The molecule has 2 heteroatoms. The van der Waals surface area contributed by atoms with Gasteiger partial charge in [-0.05, 0) is 37.8 Å². The Morgan fingerprint density at radius 3 is 2.93 bits per heavy atom. The Kier molecular flexibility index (Phi) is 3.27. The summed E-state index contributed by atoms with van der Waals surface area (Å²) in [7, 11) is 0. The molecule has 0 aliphatic carbocycles. The van der Waals surface area contributed by atoms with Crippen molar-refractivity contribution in [1.29, 1.82) is 0 Å². The highest BCUT2D eigenvalue weighted by Gasteiger charge is 2.24. The van der Waals surface area contributed by atoms with Crippen LogP contribution in [0.5, 0.6) is 0 Å². The van der Waals surface area contributed by atoms with Gasteiger partial charge in [0.05, 0.1) is 0 Å². The Labute approximate surface area is 91.5 Å². The van der Waals surface area contributed by atoms with Crippen molar-refractivity contribution in [3.05, 3.63) is 29.8 Å². The van der Waals surface area contributed by atoms with E-state index in [-0.39, 0.29) is 0 Å². The molecule has 82 valence electrons. The minimum Gasteiger partial charge on any atom is -0.396 e. The minimum atomic E-state index is 0.299. The highest BCUT2D eigenvalue weighted by Crippen LogP contribution is 2.29. The third-order valence-corrected chi connectivity index (χ3v) is 3.26. The second-order valence-electron chi connectivity index (χ2n) is 4.29. The van der Waals surface area contributed by atoms with Gasteiger partial charge in [0, 0.05) is 24.9 Å². The first-order chi connectivity index (χ1) is 7.33. The zero-order valence-corrected chi connectivity index (χ0v) is 9.32. The first-order valence-electron chi connectivity index (χ1n) is 5.76. The Balaban J connectivity index is 2.19. The third-order valence-electron chi connectivity index (χ3n) is 3.26. The molecule has 1 aliphatic heterocycles. The predicted octanol–water partition coefficient (Wildman–Crippen LogP) is 2.35. The summed E-state index contributed by atoms with van der Waals surface area (Å²) in [6.45, 7) is 3.59. The number of aliphatic hydroxyl groups excluding tert-OH is 1. The Bertz CT molecular complexity index is 324. The number of nitrogens with zero attached hydrogens (tertiary/aromatic N) is 1. The standard InChI is InChI=1S/C13H19NO/c1-11-5-2-3-7-13(11)14-9-4-6-12(14)8-10-15/h2-3,5,7,12,15H,4,6,8-10H2,1H3. The molecule has 1 fully saturated rings. The maximum absolute atomic E-state index is 9.03. The summed E-state index contributed by atoms with van der Waals surface area (Å²) < 4.78 is 0. The van der Waals surface area contributed by atoms with Crippen molar-refractivity contribution in [3.63, 3.8) is 0 Å². The van der Waals surface area contributed by atoms with Gasteiger partial charge in [-0.2, -0.15) is 0 Å². The SMILES string of the molecule is Cc1ccccc1N1CCCC1CCO. The van der Waals surface area contributed by atoms with Crippen LogP contribution < -0.4 is 4.90 Å². The van der Waals surface area contributed by atoms with Crippen molar-refractivity contribution in [2.45, 2.75) is 32.2 Å². The van der Waals surface area contributed by atoms with E-state index in [1.165, 1.54) is 24.1 Å². The highest BCUT2D eigenvalue weighted by atomic mass is 16.3. The molecule has 1 saturated heterocycles. The van der Waals surface area contributed by atoms with Crippen LogP contribution in [0.1, 0.15) is 24.8 Å². The zero-order chi connectivity index (χ0) is 10.7. The molecule has 2 nitrogen and oxygen atoms in total. The lowest BCUT2D eigenvalue weighted by molar-refractivity contribution is 0.276. The molecule has 1 N–H and O–H groups in total. The summed E-state index contributed by atoms with van der Waals surface area (Å²) in [6.07, 6.45) is 3.36. The lowest BCUT2D eigenvalue weighted by Crippen LogP contribution is -2.30. The number of hydrogen-bond donors (Lipinski definition) is 1. The summed E-state index contributed by atoms with van der Waals surface area (Å²) in [6, 6.07) is 9.05. The maximum Gasteiger partial charge on any atom is 0.0450 e. The van der Waals surface area contributed by atoms with Gasteiger partial charge in [0.2, 0.25) is 0 Å². The first-order valence-corrected chi connectivity index (χ1v) is 5.76. The number of anilines is 1. The number of benzene rings is 1. The second kappa shape index (κ2) is 4.67. The molecule has 1 unspecified atom stereocenters. The fourth-order valence-electron chi connectivity index (χ4n) is 2.49. The van der Waals surface area contributed by atoms with E-state index >= 15 is 0 Å². The number of para-hydroxylation sites is 1. The van der Waals surface area contributed by atoms with Crippen LogP contribution in [-0.4, -0.2) is 24.3 Å². The van der Waals surface area contributed by atoms with Crippen molar-refractivity contribution in [3.8, 4) is 0 Å². The molecular formula is C13H19NO. The Morgan fingerprint density at radius 2 is 2.20 bits per heavy atom. The smallest absolute Gasteiger partial charge is 0.0450 e. The van der Waals surface area contributed by atoms with Crippen LogP contribution in [0.25, 0.3) is 0 Å². The van der Waals surface area contributed by atoms with Gasteiger partial charge in [0.1, 0.15) is 0 Å². The highest BCUT2D eigenvalue weighted by molar-refractivity contribution is 5.54. The van der Waals surface area contributed by atoms with Crippen LogP contribution in [-0.2, 0) is 0 Å². The number of aliphatic hydroxyl groups is 1. The molecule has 15 heavy (non-hydrogen) atoms. The van der Waals surface area contributed by atoms with Gasteiger partial charge >= 0.3 is 0 Å². The Hall–Kier alpha value is -1.02. The zero-order valence-electron chi connectivity index (χ0n) is 9.32. The average Bonchev–Trinajstić information content (AvgIpc) is 2.67. The largest absolute Gasteiger partial charge is 0.396 e. The van der Waals surface area contributed by atoms with E-state index in [4.69, 9.17) is 5.11 Å². The fourth-order valence-corrected chi connectivity index (χ4v) is 2.49. The third kappa shape index (κ3) is 2.15. The molecule has 0 bridgehead atoms. The van der Waals surface area contributed by atoms with Gasteiger partial charge in [-0.3, -0.25) is 0 Å². The molecule has 0 radical (unpaired) electrons. The molecule has 2 rings (SSSR count). The molecular weight excluding hydrogens is 186 g/mol. The van der Waals surface area contributed by atoms with E-state index in [9.17, 15) is 0 Å². The van der Waals surface area contributed by atoms with Crippen molar-refractivity contribution < 1.29 is 5.11 Å². The molecule has 0 aromatic heterocycles. The molecule has 1 aromatic rings. The summed E-state index contributed by atoms with van der Waals surface area (Å²) in [5.41, 5.74) is 2.68. The maximum atomic E-state index is 9.03. The lowest BCUT2D eigenvalue weighted by Gasteiger charge is -2.27. The molecule has 1 atom stereocenters. The summed E-state index contributed by atoms with van der Waals surface area (Å²) in [5, 5.41) is 9.03. The molecule has 1 aromatic carbocycles. The average molecular weight is 205 g/mol. The molecule has 0 spiro atoms. The molecule has 0 saturated carbocycles. The van der Waals surface area contributed by atoms with Crippen molar-refractivity contribution in [2.24, 2.45) is 0 Å². The van der Waals surface area contributed by atoms with E-state index in [0.717, 1.165) is 13.0 Å². The van der Waals surface area contributed by atoms with E-state index in [1.54, 1.807) is 0 Å². The van der Waals surface area contributed by atoms with Crippen LogP contribution in [0.3, 0.4) is 0 Å². The number of hydrogen-bond acceptors (Lipinski definition) is 2. The van der Waals surface area contributed by atoms with E-state index < -0.39 is 0 Å². The minimum absolute atomic E-state index is 0.299. The first kappa shape index (κ1) is 10.5. The summed E-state index contributed by atoms with van der Waals surface area (Å²) >= 11 is 0. The molecule has 1 heterocycles. The van der Waals surface area contributed by atoms with Gasteiger partial charge < -0.3 is 10.0 Å². The van der Waals surface area contributed by atoms with Crippen molar-refractivity contribution in [1.82, 2.24) is 0 Å². The number of aryl methyl sites for hydroxylation is 1. The summed E-state index contributed by atoms with van der Waals surface area (Å²) in [5.74, 6) is 0. The quantitative estimate of drug-likeness (QED) is 0.818. The van der Waals surface area contributed by atoms with Crippen LogP contribution in [0, 0.1) is 6.92 Å². The van der Waals surface area contributed by atoms with E-state index in [2.05, 4.69) is 36.1 Å². The van der Waals surface area contributed by atoms with E-state index in [1.807, 2.05) is 0 Å². The van der Waals surface area contributed by atoms with Crippen molar-refractivity contribution in [2.75, 3.05) is 18.1 Å². The summed E-state index contributed by atoms with van der Waals surface area (Å²) in [4.78, 5) is 2.45. The van der Waals surface area contributed by atoms with E-state index in [0.29, 0.717) is 12.6 Å². The molecule has 0 amide bonds. The monoisotopic (exact) mass is 205 g/mol. The van der Waals surface area contributed by atoms with Crippen LogP contribution >= 0.6 is 0 Å². The van der Waals surface area contributed by atoms with Gasteiger partial charge in [-0.25, -0.2) is 0 Å². The van der Waals surface area contributed by atoms with Gasteiger partial charge in [-0.1, -0.05) is 18.2 Å². The second-order valence-corrected chi connectivity index (χ2v) is 4.29. The Morgan fingerprint density at radius 1 is 1.40 bits per heavy atom. The predicted molar refractivity (Wildman–Crippen MR) is 63.2 cm³/mol. The van der Waals surface area contributed by atoms with Crippen LogP contribution in [0.4, 0.5) is 5.69 Å². The number of rotatable bonds is 3. The van der Waals surface area contributed by atoms with Gasteiger partial charge in [0.25, 0.3) is 0 Å². The molecule has 1 aliphatic rings. The topological polar surface area (TPSA) is 23.5 Å². The van der Waals surface area contributed by atoms with Crippen molar-refractivity contribution >= 4 is 5.69 Å².